The molecule has 3 rings (SSSR count). The zero-order chi connectivity index (χ0) is 17.3. The zero-order valence-electron chi connectivity index (χ0n) is 14.2. The number of carbonyl (C=O) groups excluding carboxylic acids is 1. The van der Waals surface area contributed by atoms with E-state index in [0.29, 0.717) is 18.5 Å². The largest absolute Gasteiger partial charge is 0.337 e. The molecule has 0 radical (unpaired) electrons. The number of sulfonamides is 1. The maximum absolute atomic E-state index is 12.8. The minimum Gasteiger partial charge on any atom is -0.337 e. The molecular formula is C16H25N3O3S2. The molecule has 1 aromatic rings. The summed E-state index contributed by atoms with van der Waals surface area (Å²) in [6.45, 7) is 4.60. The van der Waals surface area contributed by atoms with Gasteiger partial charge in [0.1, 0.15) is 0 Å². The summed E-state index contributed by atoms with van der Waals surface area (Å²) in [6.07, 6.45) is 5.36. The lowest BCUT2D eigenvalue weighted by Gasteiger charge is -2.33. The molecule has 2 fully saturated rings. The number of nitrogens with one attached hydrogen (secondary N) is 1. The highest BCUT2D eigenvalue weighted by Crippen LogP contribution is 2.25. The second-order valence-corrected chi connectivity index (χ2v) is 9.83. The van der Waals surface area contributed by atoms with Crippen LogP contribution in [0.15, 0.2) is 0 Å². The van der Waals surface area contributed by atoms with Crippen LogP contribution in [-0.2, 0) is 10.0 Å². The Balaban J connectivity index is 1.71. The maximum Gasteiger partial charge on any atom is 0.256 e. The minimum absolute atomic E-state index is 0.0756. The Labute approximate surface area is 147 Å². The Morgan fingerprint density at radius 3 is 2.54 bits per heavy atom. The van der Waals surface area contributed by atoms with Gasteiger partial charge in [0.15, 0.2) is 0 Å². The molecular weight excluding hydrogens is 346 g/mol. The summed E-state index contributed by atoms with van der Waals surface area (Å²) in [6, 6.07) is 0.0756. The van der Waals surface area contributed by atoms with Gasteiger partial charge in [0.2, 0.25) is 10.0 Å². The highest BCUT2D eigenvalue weighted by Gasteiger charge is 2.35. The molecule has 6 nitrogen and oxygen atoms in total. The van der Waals surface area contributed by atoms with Crippen LogP contribution in [0, 0.1) is 13.8 Å². The van der Waals surface area contributed by atoms with Crippen LogP contribution >= 0.6 is 11.5 Å². The van der Waals surface area contributed by atoms with Crippen LogP contribution in [0.3, 0.4) is 0 Å². The van der Waals surface area contributed by atoms with E-state index in [1.165, 1.54) is 11.5 Å². The van der Waals surface area contributed by atoms with Crippen LogP contribution in [0.2, 0.25) is 0 Å². The fourth-order valence-electron chi connectivity index (χ4n) is 3.69. The molecule has 1 aromatic heterocycles. The highest BCUT2D eigenvalue weighted by atomic mass is 32.2. The first kappa shape index (κ1) is 17.8. The SMILES string of the molecule is Cc1nsc(C)c1C(=O)N1CCCC(S(=O)(=O)NC2CCCC2)C1. The summed E-state index contributed by atoms with van der Waals surface area (Å²) in [4.78, 5) is 15.4. The van der Waals surface area contributed by atoms with Gasteiger partial charge < -0.3 is 4.90 Å². The Kier molecular flexibility index (Phi) is 5.27. The zero-order valence-corrected chi connectivity index (χ0v) is 15.9. The average Bonchev–Trinajstić information content (AvgIpc) is 3.16. The van der Waals surface area contributed by atoms with Crippen LogP contribution in [0.1, 0.15) is 59.5 Å². The monoisotopic (exact) mass is 371 g/mol. The summed E-state index contributed by atoms with van der Waals surface area (Å²) >= 11 is 1.32. The molecule has 24 heavy (non-hydrogen) atoms. The smallest absolute Gasteiger partial charge is 0.256 e. The second-order valence-electron chi connectivity index (χ2n) is 6.86. The molecule has 1 saturated heterocycles. The van der Waals surface area contributed by atoms with Gasteiger partial charge in [-0.25, -0.2) is 13.1 Å². The van der Waals surface area contributed by atoms with Crippen molar-refractivity contribution in [1.29, 1.82) is 0 Å². The van der Waals surface area contributed by atoms with E-state index in [-0.39, 0.29) is 18.5 Å². The Morgan fingerprint density at radius 1 is 1.21 bits per heavy atom. The molecule has 0 bridgehead atoms. The van der Waals surface area contributed by atoms with Crippen LogP contribution < -0.4 is 4.72 Å². The van der Waals surface area contributed by atoms with Gasteiger partial charge >= 0.3 is 0 Å². The quantitative estimate of drug-likeness (QED) is 0.880. The third-order valence-corrected chi connectivity index (χ3v) is 7.80. The predicted octanol–water partition coefficient (Wildman–Crippen LogP) is 2.23. The Morgan fingerprint density at radius 2 is 1.92 bits per heavy atom. The van der Waals surface area contributed by atoms with Crippen molar-refractivity contribution < 1.29 is 13.2 Å². The van der Waals surface area contributed by atoms with Crippen molar-refractivity contribution in [1.82, 2.24) is 14.0 Å². The lowest BCUT2D eigenvalue weighted by Crippen LogP contribution is -2.50. The van der Waals surface area contributed by atoms with E-state index in [1.54, 1.807) is 4.90 Å². The summed E-state index contributed by atoms with van der Waals surface area (Å²) in [7, 11) is -3.38. The second kappa shape index (κ2) is 7.09. The van der Waals surface area contributed by atoms with E-state index >= 15 is 0 Å². The molecule has 1 atom stereocenters. The highest BCUT2D eigenvalue weighted by molar-refractivity contribution is 7.90. The molecule has 0 spiro atoms. The van der Waals surface area contributed by atoms with Crippen LogP contribution in [0.5, 0.6) is 0 Å². The van der Waals surface area contributed by atoms with E-state index in [1.807, 2.05) is 13.8 Å². The normalized spacial score (nSPS) is 22.9. The topological polar surface area (TPSA) is 79.4 Å². The van der Waals surface area contributed by atoms with Crippen molar-refractivity contribution in [2.24, 2.45) is 0 Å². The van der Waals surface area contributed by atoms with E-state index in [9.17, 15) is 13.2 Å². The number of rotatable bonds is 4. The molecule has 134 valence electrons. The van der Waals surface area contributed by atoms with Gasteiger partial charge in [-0.3, -0.25) is 4.79 Å². The van der Waals surface area contributed by atoms with Crippen molar-refractivity contribution in [2.45, 2.75) is 63.7 Å². The van der Waals surface area contributed by atoms with E-state index in [0.717, 1.165) is 42.7 Å². The molecule has 1 aliphatic heterocycles. The number of likely N-dealkylation sites (tertiary alicyclic amines) is 1. The van der Waals surface area contributed by atoms with Gasteiger partial charge in [-0.2, -0.15) is 4.37 Å². The number of hydrogen-bond acceptors (Lipinski definition) is 5. The fourth-order valence-corrected chi connectivity index (χ4v) is 6.13. The van der Waals surface area contributed by atoms with Crippen molar-refractivity contribution in [3.05, 3.63) is 16.1 Å². The number of amides is 1. The standard InChI is InChI=1S/C16H25N3O3S2/c1-11-15(12(2)23-17-11)16(20)19-9-5-8-14(10-19)24(21,22)18-13-6-3-4-7-13/h13-14,18H,3-10H2,1-2H3. The first-order valence-corrected chi connectivity index (χ1v) is 10.9. The lowest BCUT2D eigenvalue weighted by atomic mass is 10.1. The van der Waals surface area contributed by atoms with Crippen molar-refractivity contribution >= 4 is 27.5 Å². The summed E-state index contributed by atoms with van der Waals surface area (Å²) in [5, 5.41) is -0.511. The van der Waals surface area contributed by atoms with Crippen LogP contribution in [0.25, 0.3) is 0 Å². The summed E-state index contributed by atoms with van der Waals surface area (Å²) in [5.74, 6) is -0.0838. The fraction of sp³-hybridized carbons (Fsp3) is 0.750. The first-order chi connectivity index (χ1) is 11.4. The lowest BCUT2D eigenvalue weighted by molar-refractivity contribution is 0.0725. The number of nitrogens with zero attached hydrogens (tertiary/aromatic N) is 2. The average molecular weight is 372 g/mol. The van der Waals surface area contributed by atoms with E-state index in [2.05, 4.69) is 9.10 Å². The number of carbonyl (C=O) groups is 1. The number of piperidine rings is 1. The van der Waals surface area contributed by atoms with Gasteiger partial charge in [-0.15, -0.1) is 0 Å². The maximum atomic E-state index is 12.8. The van der Waals surface area contributed by atoms with E-state index in [4.69, 9.17) is 0 Å². The van der Waals surface area contributed by atoms with Crippen molar-refractivity contribution in [3.63, 3.8) is 0 Å². The molecule has 1 aliphatic carbocycles. The molecule has 8 heteroatoms. The Hall–Kier alpha value is -0.990. The number of aryl methyl sites for hydroxylation is 2. The van der Waals surface area contributed by atoms with Crippen molar-refractivity contribution in [2.75, 3.05) is 13.1 Å². The number of hydrogen-bond donors (Lipinski definition) is 1. The van der Waals surface area contributed by atoms with Gasteiger partial charge in [0.05, 0.1) is 16.5 Å². The molecule has 2 heterocycles. The van der Waals surface area contributed by atoms with E-state index < -0.39 is 15.3 Å². The molecule has 2 aliphatic rings. The first-order valence-electron chi connectivity index (χ1n) is 8.62. The predicted molar refractivity (Wildman–Crippen MR) is 94.8 cm³/mol. The molecule has 1 N–H and O–H groups in total. The van der Waals surface area contributed by atoms with Gasteiger partial charge in [-0.1, -0.05) is 12.8 Å². The van der Waals surface area contributed by atoms with Gasteiger partial charge in [-0.05, 0) is 51.1 Å². The summed E-state index contributed by atoms with van der Waals surface area (Å²) in [5.41, 5.74) is 1.37. The third kappa shape index (κ3) is 3.65. The molecule has 0 aromatic carbocycles. The Bertz CT molecular complexity index is 689. The summed E-state index contributed by atoms with van der Waals surface area (Å²) < 4.78 is 32.4. The van der Waals surface area contributed by atoms with Gasteiger partial charge in [0.25, 0.3) is 5.91 Å². The minimum atomic E-state index is -3.38. The molecule has 1 amide bonds. The molecule has 1 saturated carbocycles. The van der Waals surface area contributed by atoms with Crippen molar-refractivity contribution in [3.8, 4) is 0 Å². The number of aromatic nitrogens is 1. The molecule has 1 unspecified atom stereocenters. The van der Waals surface area contributed by atoms with Gasteiger partial charge in [0, 0.05) is 24.0 Å². The van der Waals surface area contributed by atoms with Crippen LogP contribution in [0.4, 0.5) is 0 Å². The van der Waals surface area contributed by atoms with Crippen LogP contribution in [-0.4, -0.2) is 48.0 Å². The third-order valence-electron chi connectivity index (χ3n) is 5.04.